The van der Waals surface area contributed by atoms with E-state index in [1.54, 1.807) is 12.1 Å². The molecular formula is C16H14ClN3O5S. The van der Waals surface area contributed by atoms with Crippen LogP contribution in [-0.2, 0) is 19.6 Å². The number of sulfonamides is 1. The number of ether oxygens (including phenoxy) is 1. The van der Waals surface area contributed by atoms with Gasteiger partial charge in [0, 0.05) is 10.7 Å². The zero-order valence-electron chi connectivity index (χ0n) is 13.4. The maximum Gasteiger partial charge on any atom is 0.278 e. The van der Waals surface area contributed by atoms with Crippen LogP contribution >= 0.6 is 11.6 Å². The van der Waals surface area contributed by atoms with Gasteiger partial charge in [-0.25, -0.2) is 13.6 Å². The number of primary sulfonamides is 1. The minimum absolute atomic E-state index is 0.0980. The van der Waals surface area contributed by atoms with E-state index in [-0.39, 0.29) is 10.6 Å². The molecule has 0 saturated heterocycles. The molecule has 2 amide bonds. The van der Waals surface area contributed by atoms with Gasteiger partial charge in [-0.1, -0.05) is 11.6 Å². The summed E-state index contributed by atoms with van der Waals surface area (Å²) in [5.74, 6) is -1.08. The van der Waals surface area contributed by atoms with E-state index in [9.17, 15) is 18.0 Å². The van der Waals surface area contributed by atoms with Crippen molar-refractivity contribution in [1.29, 1.82) is 0 Å². The number of anilines is 2. The lowest BCUT2D eigenvalue weighted by Gasteiger charge is -2.33. The highest BCUT2D eigenvalue weighted by Gasteiger charge is 2.47. The number of hydrogen-bond donors (Lipinski definition) is 3. The molecule has 2 aromatic rings. The number of nitrogens with one attached hydrogen (secondary N) is 2. The number of rotatable bonds is 3. The lowest BCUT2D eigenvalue weighted by atomic mass is 10.0. The Hall–Kier alpha value is -2.62. The topological polar surface area (TPSA) is 128 Å². The Balaban J connectivity index is 1.83. The molecule has 0 saturated carbocycles. The maximum absolute atomic E-state index is 12.6. The monoisotopic (exact) mass is 395 g/mol. The minimum Gasteiger partial charge on any atom is -0.466 e. The third-order valence-electron chi connectivity index (χ3n) is 3.81. The lowest BCUT2D eigenvalue weighted by molar-refractivity contribution is -0.143. The smallest absolute Gasteiger partial charge is 0.278 e. The van der Waals surface area contributed by atoms with Gasteiger partial charge >= 0.3 is 0 Å². The predicted octanol–water partition coefficient (Wildman–Crippen LogP) is 1.72. The number of benzene rings is 2. The summed E-state index contributed by atoms with van der Waals surface area (Å²) in [4.78, 5) is 24.9. The first-order chi connectivity index (χ1) is 12.1. The Morgan fingerprint density at radius 3 is 2.50 bits per heavy atom. The van der Waals surface area contributed by atoms with Crippen LogP contribution in [0.2, 0.25) is 5.02 Å². The number of halogens is 1. The van der Waals surface area contributed by atoms with Gasteiger partial charge in [0.05, 0.1) is 10.6 Å². The van der Waals surface area contributed by atoms with E-state index in [0.717, 1.165) is 0 Å². The third-order valence-corrected chi connectivity index (χ3v) is 4.98. The van der Waals surface area contributed by atoms with E-state index in [4.69, 9.17) is 21.5 Å². The average molecular weight is 396 g/mol. The van der Waals surface area contributed by atoms with Crippen LogP contribution in [0.1, 0.15) is 6.92 Å². The maximum atomic E-state index is 12.6. The standard InChI is InChI=1S/C16H14ClN3O5S/c1-16(15(22)20-12-8-9(17)2-7-13(12)25-16)14(21)19-10-3-5-11(6-4-10)26(18,23)24/h2-8H,1H3,(H,19,21)(H,20,22)(H2,18,23,24). The minimum atomic E-state index is -3.84. The Kier molecular flexibility index (Phi) is 4.39. The molecule has 8 nitrogen and oxygen atoms in total. The molecule has 1 aliphatic rings. The molecule has 3 rings (SSSR count). The van der Waals surface area contributed by atoms with Crippen LogP contribution in [0.4, 0.5) is 11.4 Å². The molecule has 1 unspecified atom stereocenters. The molecule has 26 heavy (non-hydrogen) atoms. The van der Waals surface area contributed by atoms with Crippen LogP contribution < -0.4 is 20.5 Å². The molecule has 10 heteroatoms. The zero-order chi connectivity index (χ0) is 19.1. The fraction of sp³-hybridized carbons (Fsp3) is 0.125. The fourth-order valence-corrected chi connectivity index (χ4v) is 3.01. The van der Waals surface area contributed by atoms with Crippen molar-refractivity contribution in [2.45, 2.75) is 17.4 Å². The average Bonchev–Trinajstić information content (AvgIpc) is 2.56. The number of amides is 2. The van der Waals surface area contributed by atoms with E-state index in [1.165, 1.54) is 37.3 Å². The second-order valence-corrected chi connectivity index (χ2v) is 7.75. The first kappa shape index (κ1) is 18.2. The van der Waals surface area contributed by atoms with Crippen molar-refractivity contribution >= 4 is 44.8 Å². The van der Waals surface area contributed by atoms with Gasteiger partial charge in [0.1, 0.15) is 5.75 Å². The van der Waals surface area contributed by atoms with E-state index in [1.807, 2.05) is 0 Å². The van der Waals surface area contributed by atoms with E-state index >= 15 is 0 Å². The van der Waals surface area contributed by atoms with Crippen molar-refractivity contribution in [3.63, 3.8) is 0 Å². The first-order valence-corrected chi connectivity index (χ1v) is 9.26. The van der Waals surface area contributed by atoms with Crippen molar-refractivity contribution in [3.8, 4) is 5.75 Å². The summed E-state index contributed by atoms with van der Waals surface area (Å²) < 4.78 is 28.1. The number of hydrogen-bond acceptors (Lipinski definition) is 5. The highest BCUT2D eigenvalue weighted by atomic mass is 35.5. The van der Waals surface area contributed by atoms with E-state index < -0.39 is 27.4 Å². The Morgan fingerprint density at radius 2 is 1.88 bits per heavy atom. The van der Waals surface area contributed by atoms with Crippen LogP contribution in [0.25, 0.3) is 0 Å². The molecule has 0 aromatic heterocycles. The molecule has 0 fully saturated rings. The predicted molar refractivity (Wildman–Crippen MR) is 95.6 cm³/mol. The van der Waals surface area contributed by atoms with Gasteiger partial charge in [-0.15, -0.1) is 0 Å². The summed E-state index contributed by atoms with van der Waals surface area (Å²) in [5.41, 5.74) is -1.17. The van der Waals surface area contributed by atoms with Crippen LogP contribution in [0.5, 0.6) is 5.75 Å². The van der Waals surface area contributed by atoms with Gasteiger partial charge in [0.15, 0.2) is 0 Å². The number of nitrogens with two attached hydrogens (primary N) is 1. The molecule has 0 bridgehead atoms. The third kappa shape index (κ3) is 3.36. The van der Waals surface area contributed by atoms with Gasteiger partial charge < -0.3 is 15.4 Å². The van der Waals surface area contributed by atoms with E-state index in [2.05, 4.69) is 10.6 Å². The van der Waals surface area contributed by atoms with Gasteiger partial charge in [-0.2, -0.15) is 0 Å². The molecule has 136 valence electrons. The Morgan fingerprint density at radius 1 is 1.23 bits per heavy atom. The summed E-state index contributed by atoms with van der Waals surface area (Å²) >= 11 is 5.87. The first-order valence-electron chi connectivity index (χ1n) is 7.34. The molecule has 1 heterocycles. The number of fused-ring (bicyclic) bond motifs is 1. The van der Waals surface area contributed by atoms with Crippen molar-refractivity contribution in [1.82, 2.24) is 0 Å². The summed E-state index contributed by atoms with van der Waals surface area (Å²) in [6.07, 6.45) is 0. The van der Waals surface area contributed by atoms with Gasteiger partial charge in [-0.05, 0) is 49.4 Å². The van der Waals surface area contributed by atoms with Crippen molar-refractivity contribution < 1.29 is 22.7 Å². The number of carbonyl (C=O) groups excluding carboxylic acids is 2. The van der Waals surface area contributed by atoms with Crippen LogP contribution in [0.15, 0.2) is 47.4 Å². The van der Waals surface area contributed by atoms with Gasteiger partial charge in [0.2, 0.25) is 10.0 Å². The van der Waals surface area contributed by atoms with Crippen molar-refractivity contribution in [3.05, 3.63) is 47.5 Å². The Labute approximate surface area is 154 Å². The zero-order valence-corrected chi connectivity index (χ0v) is 15.0. The normalized spacial score (nSPS) is 19.1. The largest absolute Gasteiger partial charge is 0.466 e. The molecular weight excluding hydrogens is 382 g/mol. The second-order valence-electron chi connectivity index (χ2n) is 5.75. The molecule has 2 aromatic carbocycles. The highest BCUT2D eigenvalue weighted by Crippen LogP contribution is 2.36. The molecule has 4 N–H and O–H groups in total. The molecule has 1 aliphatic heterocycles. The fourth-order valence-electron chi connectivity index (χ4n) is 2.32. The molecule has 1 atom stereocenters. The molecule has 0 spiro atoms. The quantitative estimate of drug-likeness (QED) is 0.681. The summed E-state index contributed by atoms with van der Waals surface area (Å²) in [6.45, 7) is 1.33. The van der Waals surface area contributed by atoms with Crippen LogP contribution in [-0.4, -0.2) is 25.8 Å². The molecule has 0 aliphatic carbocycles. The molecule has 0 radical (unpaired) electrons. The van der Waals surface area contributed by atoms with Crippen molar-refractivity contribution in [2.24, 2.45) is 5.14 Å². The lowest BCUT2D eigenvalue weighted by Crippen LogP contribution is -2.56. The van der Waals surface area contributed by atoms with Gasteiger partial charge in [-0.3, -0.25) is 9.59 Å². The summed E-state index contributed by atoms with van der Waals surface area (Å²) in [7, 11) is -3.84. The van der Waals surface area contributed by atoms with Crippen molar-refractivity contribution in [2.75, 3.05) is 10.6 Å². The Bertz CT molecular complexity index is 1010. The second kappa shape index (κ2) is 6.27. The van der Waals surface area contributed by atoms with Gasteiger partial charge in [0.25, 0.3) is 17.4 Å². The highest BCUT2D eigenvalue weighted by molar-refractivity contribution is 7.89. The number of carbonyl (C=O) groups is 2. The summed E-state index contributed by atoms with van der Waals surface area (Å²) in [6, 6.07) is 9.83. The SMILES string of the molecule is CC1(C(=O)Nc2ccc(S(N)(=O)=O)cc2)Oc2ccc(Cl)cc2NC1=O. The van der Waals surface area contributed by atoms with Crippen LogP contribution in [0.3, 0.4) is 0 Å². The van der Waals surface area contributed by atoms with Crippen LogP contribution in [0, 0.1) is 0 Å². The van der Waals surface area contributed by atoms with E-state index in [0.29, 0.717) is 16.5 Å². The summed E-state index contributed by atoms with van der Waals surface area (Å²) in [5, 5.41) is 10.5.